The van der Waals surface area contributed by atoms with Gasteiger partial charge in [0.25, 0.3) is 0 Å². The molecule has 0 saturated carbocycles. The van der Waals surface area contributed by atoms with Crippen LogP contribution in [0.5, 0.6) is 28.7 Å². The van der Waals surface area contributed by atoms with Gasteiger partial charge in [-0.1, -0.05) is 17.5 Å². The Bertz CT molecular complexity index is 1110. The first-order valence-corrected chi connectivity index (χ1v) is 8.90. The van der Waals surface area contributed by atoms with Crippen LogP contribution in [-0.4, -0.2) is 20.5 Å². The third-order valence-corrected chi connectivity index (χ3v) is 4.88. The number of halogens is 1. The lowest BCUT2D eigenvalue weighted by Crippen LogP contribution is -2.21. The highest BCUT2D eigenvalue weighted by molar-refractivity contribution is 6.32. The first-order valence-electron chi connectivity index (χ1n) is 8.52. The van der Waals surface area contributed by atoms with Gasteiger partial charge >= 0.3 is 0 Å². The van der Waals surface area contributed by atoms with Crippen molar-refractivity contribution in [2.75, 3.05) is 20.5 Å². The minimum atomic E-state index is -0.550. The van der Waals surface area contributed by atoms with Crippen LogP contribution in [0, 0.1) is 23.7 Å². The molecule has 8 heteroatoms. The zero-order chi connectivity index (χ0) is 20.5. The molecule has 2 aliphatic rings. The second-order valence-electron chi connectivity index (χ2n) is 6.20. The fourth-order valence-electron chi connectivity index (χ4n) is 3.35. The number of hydrogen-bond donors (Lipinski definition) is 1. The molecule has 146 valence electrons. The number of rotatable bonds is 4. The van der Waals surface area contributed by atoms with Gasteiger partial charge in [-0.15, -0.1) is 6.42 Å². The summed E-state index contributed by atoms with van der Waals surface area (Å²) in [7, 11) is 1.49. The van der Waals surface area contributed by atoms with Crippen LogP contribution in [0.3, 0.4) is 0 Å². The van der Waals surface area contributed by atoms with Crippen molar-refractivity contribution in [2.45, 2.75) is 5.92 Å². The summed E-state index contributed by atoms with van der Waals surface area (Å²) >= 11 is 6.44. The molecule has 2 aliphatic heterocycles. The summed E-state index contributed by atoms with van der Waals surface area (Å²) in [5.41, 5.74) is 7.64. The first kappa shape index (κ1) is 18.7. The fourth-order valence-corrected chi connectivity index (χ4v) is 3.62. The SMILES string of the molecule is C#CCOc1c(Cl)cc([C@H]2C(C#N)=C(N)Oc3cc4c(cc32)OCO4)cc1OC. The van der Waals surface area contributed by atoms with Crippen LogP contribution in [0.15, 0.2) is 35.7 Å². The van der Waals surface area contributed by atoms with Crippen LogP contribution in [0.25, 0.3) is 0 Å². The molecule has 2 aromatic rings. The number of hydrogen-bond acceptors (Lipinski definition) is 7. The average molecular weight is 411 g/mol. The second kappa shape index (κ2) is 7.38. The van der Waals surface area contributed by atoms with Crippen molar-refractivity contribution in [3.63, 3.8) is 0 Å². The number of fused-ring (bicyclic) bond motifs is 2. The van der Waals surface area contributed by atoms with E-state index in [2.05, 4.69) is 12.0 Å². The zero-order valence-corrected chi connectivity index (χ0v) is 16.1. The molecule has 0 fully saturated rings. The summed E-state index contributed by atoms with van der Waals surface area (Å²) in [6.45, 7) is 0.146. The Balaban J connectivity index is 1.89. The number of terminal acetylenes is 1. The lowest BCUT2D eigenvalue weighted by atomic mass is 9.83. The van der Waals surface area contributed by atoms with Crippen LogP contribution in [0.4, 0.5) is 0 Å². The van der Waals surface area contributed by atoms with Gasteiger partial charge < -0.3 is 29.4 Å². The van der Waals surface area contributed by atoms with Gasteiger partial charge in [-0.2, -0.15) is 5.26 Å². The topological polar surface area (TPSA) is 96.0 Å². The smallest absolute Gasteiger partial charge is 0.231 e. The van der Waals surface area contributed by atoms with E-state index in [-0.39, 0.29) is 24.9 Å². The lowest BCUT2D eigenvalue weighted by molar-refractivity contribution is 0.174. The predicted molar refractivity (Wildman–Crippen MR) is 104 cm³/mol. The van der Waals surface area contributed by atoms with E-state index in [0.29, 0.717) is 44.9 Å². The summed E-state index contributed by atoms with van der Waals surface area (Å²) in [5.74, 6) is 4.12. The third-order valence-electron chi connectivity index (χ3n) is 4.60. The van der Waals surface area contributed by atoms with Gasteiger partial charge in [0, 0.05) is 11.6 Å². The molecule has 2 aromatic carbocycles. The van der Waals surface area contributed by atoms with E-state index in [4.69, 9.17) is 47.4 Å². The largest absolute Gasteiger partial charge is 0.493 e. The first-order chi connectivity index (χ1) is 14.1. The van der Waals surface area contributed by atoms with E-state index < -0.39 is 5.92 Å². The van der Waals surface area contributed by atoms with Crippen LogP contribution in [0.1, 0.15) is 17.0 Å². The maximum absolute atomic E-state index is 9.74. The molecule has 2 N–H and O–H groups in total. The Kier molecular flexibility index (Phi) is 4.75. The molecule has 0 amide bonds. The van der Waals surface area contributed by atoms with Gasteiger partial charge in [-0.25, -0.2) is 0 Å². The van der Waals surface area contributed by atoms with Crippen molar-refractivity contribution < 1.29 is 23.7 Å². The Morgan fingerprint density at radius 2 is 2.00 bits per heavy atom. The number of ether oxygens (including phenoxy) is 5. The molecule has 1 atom stereocenters. The molecule has 2 heterocycles. The van der Waals surface area contributed by atoms with Crippen LogP contribution in [0.2, 0.25) is 5.02 Å². The Labute approximate surface area is 172 Å². The van der Waals surface area contributed by atoms with Crippen molar-refractivity contribution >= 4 is 11.6 Å². The van der Waals surface area contributed by atoms with Gasteiger partial charge in [-0.05, 0) is 23.8 Å². The summed E-state index contributed by atoms with van der Waals surface area (Å²) in [5, 5.41) is 10.0. The maximum atomic E-state index is 9.74. The summed E-state index contributed by atoms with van der Waals surface area (Å²) in [6, 6.07) is 9.01. The average Bonchev–Trinajstić information content (AvgIpc) is 3.17. The molecule has 0 unspecified atom stereocenters. The van der Waals surface area contributed by atoms with Gasteiger partial charge in [0.05, 0.1) is 18.1 Å². The third kappa shape index (κ3) is 3.12. The monoisotopic (exact) mass is 410 g/mol. The molecule has 0 aromatic heterocycles. The lowest BCUT2D eigenvalue weighted by Gasteiger charge is -2.27. The quantitative estimate of drug-likeness (QED) is 0.772. The van der Waals surface area contributed by atoms with Crippen LogP contribution in [-0.2, 0) is 0 Å². The number of benzene rings is 2. The van der Waals surface area contributed by atoms with E-state index in [1.54, 1.807) is 24.3 Å². The van der Waals surface area contributed by atoms with Crippen molar-refractivity contribution in [1.29, 1.82) is 5.26 Å². The molecule has 29 heavy (non-hydrogen) atoms. The molecule has 0 aliphatic carbocycles. The van der Waals surface area contributed by atoms with Crippen LogP contribution < -0.4 is 29.4 Å². The van der Waals surface area contributed by atoms with Gasteiger partial charge in [-0.3, -0.25) is 0 Å². The fraction of sp³-hybridized carbons (Fsp3) is 0.190. The molecule has 0 bridgehead atoms. The normalized spacial score (nSPS) is 16.3. The zero-order valence-electron chi connectivity index (χ0n) is 15.3. The highest BCUT2D eigenvalue weighted by atomic mass is 35.5. The van der Waals surface area contributed by atoms with Crippen molar-refractivity contribution in [1.82, 2.24) is 0 Å². The predicted octanol–water partition coefficient (Wildman–Crippen LogP) is 3.31. The molecule has 0 radical (unpaired) electrons. The Hall–Kier alpha value is -3.68. The van der Waals surface area contributed by atoms with E-state index in [9.17, 15) is 5.26 Å². The summed E-state index contributed by atoms with van der Waals surface area (Å²) in [4.78, 5) is 0. The molecular formula is C21H15ClN2O5. The molecule has 7 nitrogen and oxygen atoms in total. The highest BCUT2D eigenvalue weighted by Gasteiger charge is 2.34. The Morgan fingerprint density at radius 3 is 2.69 bits per heavy atom. The molecule has 0 spiro atoms. The standard InChI is InChI=1S/C21H15ClN2O5/c1-3-4-26-20-14(22)5-11(6-18(20)25-2)19-12-7-16-17(28-10-27-16)8-15(12)29-21(24)13(19)9-23/h1,5-8,19H,4,10,24H2,2H3/t19-/m1/s1. The number of nitrogens with two attached hydrogens (primary N) is 1. The molecule has 0 saturated heterocycles. The molecular weight excluding hydrogens is 396 g/mol. The van der Waals surface area contributed by atoms with E-state index in [0.717, 1.165) is 0 Å². The Morgan fingerprint density at radius 1 is 1.24 bits per heavy atom. The van der Waals surface area contributed by atoms with E-state index in [1.165, 1.54) is 7.11 Å². The maximum Gasteiger partial charge on any atom is 0.231 e. The number of methoxy groups -OCH3 is 1. The van der Waals surface area contributed by atoms with Crippen molar-refractivity contribution in [3.8, 4) is 47.2 Å². The van der Waals surface area contributed by atoms with Crippen molar-refractivity contribution in [2.24, 2.45) is 5.73 Å². The minimum Gasteiger partial charge on any atom is -0.493 e. The number of allylic oxidation sites excluding steroid dienone is 1. The highest BCUT2D eigenvalue weighted by Crippen LogP contribution is 2.49. The van der Waals surface area contributed by atoms with E-state index in [1.807, 2.05) is 0 Å². The number of nitrogens with zero attached hydrogens (tertiary/aromatic N) is 1. The number of nitriles is 1. The molecule has 4 rings (SSSR count). The second-order valence-corrected chi connectivity index (χ2v) is 6.60. The van der Waals surface area contributed by atoms with Gasteiger partial charge in [0.2, 0.25) is 12.7 Å². The summed E-state index contributed by atoms with van der Waals surface area (Å²) in [6.07, 6.45) is 5.26. The van der Waals surface area contributed by atoms with Gasteiger partial charge in [0.1, 0.15) is 24.0 Å². The minimum absolute atomic E-state index is 0.00612. The van der Waals surface area contributed by atoms with Crippen molar-refractivity contribution in [3.05, 3.63) is 51.9 Å². The summed E-state index contributed by atoms with van der Waals surface area (Å²) < 4.78 is 27.5. The van der Waals surface area contributed by atoms with Gasteiger partial charge in [0.15, 0.2) is 23.0 Å². The van der Waals surface area contributed by atoms with E-state index >= 15 is 0 Å². The van der Waals surface area contributed by atoms with Crippen LogP contribution >= 0.6 is 11.6 Å².